The van der Waals surface area contributed by atoms with Gasteiger partial charge < -0.3 is 24.8 Å². The molecule has 1 spiro atoms. The molecule has 6 rings (SSSR count). The quantitative estimate of drug-likeness (QED) is 0.452. The molecule has 2 amide bonds. The zero-order valence-electron chi connectivity index (χ0n) is 26.4. The third kappa shape index (κ3) is 6.16. The van der Waals surface area contributed by atoms with Gasteiger partial charge >= 0.3 is 12.2 Å². The number of rotatable bonds is 5. The number of aliphatic imine (C=N–C) groups is 1. The Morgan fingerprint density at radius 1 is 0.938 bits per heavy atom. The van der Waals surface area contributed by atoms with Crippen molar-refractivity contribution in [2.75, 3.05) is 26.2 Å². The maximum absolute atomic E-state index is 13.7. The summed E-state index contributed by atoms with van der Waals surface area (Å²) < 4.78 is 90.5. The molecule has 258 valence electrons. The number of aryl methyl sites for hydroxylation is 2. The summed E-state index contributed by atoms with van der Waals surface area (Å²) in [5, 5.41) is 13.9. The molecule has 0 radical (unpaired) electrons. The van der Waals surface area contributed by atoms with Gasteiger partial charge in [-0.05, 0) is 99.6 Å². The molecule has 2 fully saturated rings. The molecule has 2 aromatic carbocycles. The molecule has 2 aromatic rings. The highest BCUT2D eigenvalue weighted by Crippen LogP contribution is 2.47. The maximum atomic E-state index is 13.7. The van der Waals surface area contributed by atoms with E-state index in [9.17, 15) is 40.7 Å². The highest BCUT2D eigenvalue weighted by molar-refractivity contribution is 7.92. The van der Waals surface area contributed by atoms with E-state index in [4.69, 9.17) is 0 Å². The summed E-state index contributed by atoms with van der Waals surface area (Å²) in [6, 6.07) is 6.71. The van der Waals surface area contributed by atoms with E-state index in [1.165, 1.54) is 16.4 Å². The van der Waals surface area contributed by atoms with Gasteiger partial charge in [-0.2, -0.15) is 21.9 Å². The zero-order valence-corrected chi connectivity index (χ0v) is 27.2. The highest BCUT2D eigenvalue weighted by Gasteiger charge is 2.66. The van der Waals surface area contributed by atoms with Gasteiger partial charge in [0.25, 0.3) is 11.8 Å². The van der Waals surface area contributed by atoms with E-state index in [-0.39, 0.29) is 43.2 Å². The molecule has 0 unspecified atom stereocenters. The number of amidine groups is 1. The van der Waals surface area contributed by atoms with Gasteiger partial charge in [-0.15, -0.1) is 0 Å². The van der Waals surface area contributed by atoms with Crippen LogP contribution in [0.25, 0.3) is 6.08 Å². The lowest BCUT2D eigenvalue weighted by Crippen LogP contribution is -2.52. The summed E-state index contributed by atoms with van der Waals surface area (Å²) in [6.07, 6.45) is -7.26. The number of hydrogen-bond acceptors (Lipinski definition) is 8. The van der Waals surface area contributed by atoms with Gasteiger partial charge in [0.1, 0.15) is 11.4 Å². The smallest absolute Gasteiger partial charge is 0.421 e. The van der Waals surface area contributed by atoms with Crippen LogP contribution in [0.2, 0.25) is 0 Å². The number of halogens is 4. The van der Waals surface area contributed by atoms with Crippen LogP contribution in [0.5, 0.6) is 11.5 Å². The summed E-state index contributed by atoms with van der Waals surface area (Å²) in [5.41, 5.74) is 0.579. The summed E-state index contributed by atoms with van der Waals surface area (Å²) in [5.74, 6) is -1.91. The van der Waals surface area contributed by atoms with E-state index in [0.717, 1.165) is 17.5 Å². The molecular weight excluding hydrogens is 660 g/mol. The van der Waals surface area contributed by atoms with Crippen molar-refractivity contribution >= 4 is 33.7 Å². The van der Waals surface area contributed by atoms with E-state index < -0.39 is 50.8 Å². The molecule has 4 aliphatic heterocycles. The van der Waals surface area contributed by atoms with Crippen LogP contribution in [0.1, 0.15) is 65.2 Å². The van der Waals surface area contributed by atoms with Crippen LogP contribution >= 0.6 is 0 Å². The lowest BCUT2D eigenvalue weighted by Gasteiger charge is -2.36. The number of benzene rings is 2. The number of carbonyl (C=O) groups excluding carboxylic acids is 2. The van der Waals surface area contributed by atoms with E-state index in [1.54, 1.807) is 37.8 Å². The maximum Gasteiger partial charge on any atom is 0.507 e. The van der Waals surface area contributed by atoms with Gasteiger partial charge in [0, 0.05) is 42.7 Å². The number of hydrogen-bond donors (Lipinski definition) is 2. The van der Waals surface area contributed by atoms with Gasteiger partial charge in [0.15, 0.2) is 11.5 Å². The number of nitrogens with zero attached hydrogens (tertiary/aromatic N) is 3. The Hall–Kier alpha value is -4.02. The number of aliphatic hydroxyl groups is 1. The Morgan fingerprint density at radius 2 is 1.52 bits per heavy atom. The number of nitrogens with one attached hydrogen (secondary N) is 1. The molecule has 16 heteroatoms. The minimum Gasteiger partial charge on any atom is -0.421 e. The molecule has 2 saturated heterocycles. The molecule has 0 aliphatic carbocycles. The standard InChI is InChI=1S/C32H34F4N4O7S/c1-19-16-22(27(41)39-11-7-29(3,43)8-12-39)17-20(2)23(19)6-15-48(44,45)40-13-9-30(10-14-40)28(42)37-26(38-30)21-4-5-24-25(18-21)47-32(35,36)31(33,34)46-24/h4-6,15-18,43H,7-14H2,1-3H3,(H,37,38,42). The number of sulfonamides is 1. The van der Waals surface area contributed by atoms with E-state index >= 15 is 0 Å². The first-order valence-corrected chi connectivity index (χ1v) is 16.8. The van der Waals surface area contributed by atoms with Gasteiger partial charge in [-0.25, -0.2) is 8.42 Å². The molecule has 0 saturated carbocycles. The third-order valence-electron chi connectivity index (χ3n) is 9.30. The fraction of sp³-hybridized carbons (Fsp3) is 0.469. The number of likely N-dealkylation sites (tertiary alicyclic amines) is 1. The first-order valence-electron chi connectivity index (χ1n) is 15.3. The largest absolute Gasteiger partial charge is 0.507 e. The van der Waals surface area contributed by atoms with Crippen LogP contribution in [0.4, 0.5) is 17.6 Å². The third-order valence-corrected chi connectivity index (χ3v) is 10.9. The van der Waals surface area contributed by atoms with Gasteiger partial charge in [0.2, 0.25) is 10.0 Å². The normalized spacial score (nSPS) is 22.9. The Labute approximate surface area is 274 Å². The number of alkyl halides is 4. The van der Waals surface area contributed by atoms with E-state index in [0.29, 0.717) is 48.2 Å². The van der Waals surface area contributed by atoms with Crippen LogP contribution < -0.4 is 14.8 Å². The molecule has 4 heterocycles. The van der Waals surface area contributed by atoms with Gasteiger partial charge in [0.05, 0.1) is 5.60 Å². The predicted molar refractivity (Wildman–Crippen MR) is 165 cm³/mol. The van der Waals surface area contributed by atoms with Crippen LogP contribution in [-0.4, -0.2) is 89.9 Å². The van der Waals surface area contributed by atoms with Gasteiger partial charge in [-0.3, -0.25) is 14.6 Å². The summed E-state index contributed by atoms with van der Waals surface area (Å²) in [7, 11) is -3.92. The summed E-state index contributed by atoms with van der Waals surface area (Å²) >= 11 is 0. The molecule has 2 N–H and O–H groups in total. The number of amides is 2. The van der Waals surface area contributed by atoms with Crippen molar-refractivity contribution in [1.82, 2.24) is 14.5 Å². The minimum atomic E-state index is -4.91. The number of carbonyl (C=O) groups is 2. The summed E-state index contributed by atoms with van der Waals surface area (Å²) in [4.78, 5) is 32.3. The fourth-order valence-corrected chi connectivity index (χ4v) is 7.46. The highest BCUT2D eigenvalue weighted by atomic mass is 32.2. The molecule has 0 aromatic heterocycles. The van der Waals surface area contributed by atoms with E-state index in [2.05, 4.69) is 19.8 Å². The van der Waals surface area contributed by atoms with Crippen molar-refractivity contribution in [3.63, 3.8) is 0 Å². The fourth-order valence-electron chi connectivity index (χ4n) is 6.29. The molecular formula is C32H34F4N4O7S. The second-order valence-electron chi connectivity index (χ2n) is 12.9. The Bertz CT molecular complexity index is 1820. The van der Waals surface area contributed by atoms with Crippen molar-refractivity contribution in [2.24, 2.45) is 4.99 Å². The van der Waals surface area contributed by atoms with E-state index in [1.807, 2.05) is 0 Å². The second-order valence-corrected chi connectivity index (χ2v) is 14.7. The van der Waals surface area contributed by atoms with Crippen molar-refractivity contribution in [3.8, 4) is 11.5 Å². The van der Waals surface area contributed by atoms with Crippen LogP contribution in [-0.2, 0) is 14.8 Å². The van der Waals surface area contributed by atoms with Crippen LogP contribution in [0.3, 0.4) is 0 Å². The lowest BCUT2D eigenvalue weighted by atomic mass is 9.89. The monoisotopic (exact) mass is 694 g/mol. The van der Waals surface area contributed by atoms with Crippen molar-refractivity contribution in [2.45, 2.75) is 69.8 Å². The SMILES string of the molecule is Cc1cc(C(=O)N2CCC(C)(O)CC2)cc(C)c1C=CS(=O)(=O)N1CCC2(CC1)N=C(c1ccc3c(c1)OC(F)(F)C(F)(F)O3)NC2=O. The number of piperidine rings is 2. The molecule has 0 bridgehead atoms. The van der Waals surface area contributed by atoms with Gasteiger partial charge in [-0.1, -0.05) is 0 Å². The van der Waals surface area contributed by atoms with Crippen molar-refractivity contribution < 1.29 is 50.1 Å². The summed E-state index contributed by atoms with van der Waals surface area (Å²) in [6.45, 7) is 6.15. The number of ether oxygens (including phenoxy) is 2. The number of fused-ring (bicyclic) bond motifs is 1. The van der Waals surface area contributed by atoms with Crippen molar-refractivity contribution in [3.05, 3.63) is 63.6 Å². The molecule has 11 nitrogen and oxygen atoms in total. The lowest BCUT2D eigenvalue weighted by molar-refractivity contribution is -0.391. The van der Waals surface area contributed by atoms with Crippen LogP contribution in [0, 0.1) is 13.8 Å². The Balaban J connectivity index is 1.12. The first kappa shape index (κ1) is 33.9. The second kappa shape index (κ2) is 11.6. The zero-order chi connectivity index (χ0) is 34.9. The first-order chi connectivity index (χ1) is 22.3. The average molecular weight is 695 g/mol. The predicted octanol–water partition coefficient (Wildman–Crippen LogP) is 3.96. The molecule has 0 atom stereocenters. The van der Waals surface area contributed by atoms with Crippen molar-refractivity contribution in [1.29, 1.82) is 0 Å². The van der Waals surface area contributed by atoms with Crippen LogP contribution in [0.15, 0.2) is 40.7 Å². The average Bonchev–Trinajstić information content (AvgIpc) is 3.31. The Morgan fingerprint density at radius 3 is 2.12 bits per heavy atom. The minimum absolute atomic E-state index is 0.00305. The topological polar surface area (TPSA) is 138 Å². The Kier molecular flexibility index (Phi) is 8.15. The molecule has 4 aliphatic rings. The molecule has 48 heavy (non-hydrogen) atoms.